The lowest BCUT2D eigenvalue weighted by molar-refractivity contribution is 0.325. The van der Waals surface area contributed by atoms with Crippen LogP contribution in [0.3, 0.4) is 0 Å². The summed E-state index contributed by atoms with van der Waals surface area (Å²) in [6.07, 6.45) is 0. The highest BCUT2D eigenvalue weighted by Gasteiger charge is 2.23. The molecule has 0 spiro atoms. The Labute approximate surface area is 123 Å². The molecule has 0 aliphatic carbocycles. The highest BCUT2D eigenvalue weighted by atomic mass is 16.5. The van der Waals surface area contributed by atoms with Crippen molar-refractivity contribution in [3.8, 4) is 5.75 Å². The van der Waals surface area contributed by atoms with Crippen molar-refractivity contribution in [1.82, 2.24) is 0 Å². The molecule has 0 saturated heterocycles. The predicted molar refractivity (Wildman–Crippen MR) is 86.3 cm³/mol. The maximum Gasteiger partial charge on any atom is 0.122 e. The van der Waals surface area contributed by atoms with Crippen LogP contribution in [0.1, 0.15) is 43.4 Å². The van der Waals surface area contributed by atoms with Crippen LogP contribution in [0.15, 0.2) is 12.1 Å². The summed E-state index contributed by atoms with van der Waals surface area (Å²) >= 11 is 0. The third-order valence-corrected chi connectivity index (χ3v) is 4.71. The SMILES string of the molecule is CCOc1ccc(C(C)C(C)C(CN)CN)c(C)c1C. The second-order valence-electron chi connectivity index (χ2n) is 5.72. The summed E-state index contributed by atoms with van der Waals surface area (Å²) in [5, 5.41) is 0. The molecule has 2 unspecified atom stereocenters. The Kier molecular flexibility index (Phi) is 6.50. The average Bonchev–Trinajstić information content (AvgIpc) is 2.45. The van der Waals surface area contributed by atoms with E-state index in [4.69, 9.17) is 16.2 Å². The molecule has 20 heavy (non-hydrogen) atoms. The van der Waals surface area contributed by atoms with E-state index in [0.29, 0.717) is 37.5 Å². The Morgan fingerprint density at radius 3 is 2.15 bits per heavy atom. The van der Waals surface area contributed by atoms with E-state index < -0.39 is 0 Å². The van der Waals surface area contributed by atoms with Crippen molar-refractivity contribution in [2.24, 2.45) is 23.3 Å². The van der Waals surface area contributed by atoms with Gasteiger partial charge in [0.25, 0.3) is 0 Å². The summed E-state index contributed by atoms with van der Waals surface area (Å²) < 4.78 is 5.66. The third kappa shape index (κ3) is 3.53. The maximum absolute atomic E-state index is 5.83. The molecule has 2 atom stereocenters. The van der Waals surface area contributed by atoms with Gasteiger partial charge in [-0.3, -0.25) is 0 Å². The van der Waals surface area contributed by atoms with Crippen LogP contribution in [0.4, 0.5) is 0 Å². The zero-order valence-electron chi connectivity index (χ0n) is 13.6. The first-order valence-electron chi connectivity index (χ1n) is 7.60. The van der Waals surface area contributed by atoms with Crippen molar-refractivity contribution in [3.63, 3.8) is 0 Å². The van der Waals surface area contributed by atoms with Crippen molar-refractivity contribution >= 4 is 0 Å². The molecule has 0 bridgehead atoms. The highest BCUT2D eigenvalue weighted by molar-refractivity contribution is 5.45. The van der Waals surface area contributed by atoms with Gasteiger partial charge in [0.15, 0.2) is 0 Å². The fourth-order valence-corrected chi connectivity index (χ4v) is 2.84. The van der Waals surface area contributed by atoms with Gasteiger partial charge in [0, 0.05) is 0 Å². The average molecular weight is 278 g/mol. The van der Waals surface area contributed by atoms with E-state index in [1.165, 1.54) is 16.7 Å². The van der Waals surface area contributed by atoms with Crippen LogP contribution in [0.2, 0.25) is 0 Å². The molecule has 0 saturated carbocycles. The van der Waals surface area contributed by atoms with Gasteiger partial charge in [-0.15, -0.1) is 0 Å². The zero-order valence-corrected chi connectivity index (χ0v) is 13.6. The summed E-state index contributed by atoms with van der Waals surface area (Å²) in [5.41, 5.74) is 15.6. The van der Waals surface area contributed by atoms with Gasteiger partial charge in [-0.1, -0.05) is 19.9 Å². The van der Waals surface area contributed by atoms with Crippen LogP contribution < -0.4 is 16.2 Å². The molecule has 1 aromatic rings. The topological polar surface area (TPSA) is 61.3 Å². The normalized spacial score (nSPS) is 14.4. The van der Waals surface area contributed by atoms with Crippen molar-refractivity contribution in [1.29, 1.82) is 0 Å². The number of hydrogen-bond acceptors (Lipinski definition) is 3. The molecule has 3 heteroatoms. The fourth-order valence-electron chi connectivity index (χ4n) is 2.84. The van der Waals surface area contributed by atoms with E-state index in [1.54, 1.807) is 0 Å². The van der Waals surface area contributed by atoms with Crippen molar-refractivity contribution in [2.75, 3.05) is 19.7 Å². The second-order valence-corrected chi connectivity index (χ2v) is 5.72. The zero-order chi connectivity index (χ0) is 15.3. The second kappa shape index (κ2) is 7.65. The largest absolute Gasteiger partial charge is 0.494 e. The number of ether oxygens (including phenoxy) is 1. The Balaban J connectivity index is 3.04. The fraction of sp³-hybridized carbons (Fsp3) is 0.647. The van der Waals surface area contributed by atoms with Gasteiger partial charge in [-0.2, -0.15) is 0 Å². The van der Waals surface area contributed by atoms with Crippen LogP contribution in [0, 0.1) is 25.7 Å². The molecular weight excluding hydrogens is 248 g/mol. The minimum absolute atomic E-state index is 0.372. The molecule has 4 N–H and O–H groups in total. The smallest absolute Gasteiger partial charge is 0.122 e. The number of nitrogens with two attached hydrogens (primary N) is 2. The molecule has 114 valence electrons. The van der Waals surface area contributed by atoms with Crippen LogP contribution in [0.25, 0.3) is 0 Å². The molecule has 0 amide bonds. The van der Waals surface area contributed by atoms with E-state index in [1.807, 2.05) is 6.92 Å². The first kappa shape index (κ1) is 17.0. The third-order valence-electron chi connectivity index (χ3n) is 4.71. The van der Waals surface area contributed by atoms with Crippen molar-refractivity contribution in [3.05, 3.63) is 28.8 Å². The van der Waals surface area contributed by atoms with E-state index in [2.05, 4.69) is 39.8 Å². The number of hydrogen-bond donors (Lipinski definition) is 2. The van der Waals surface area contributed by atoms with Gasteiger partial charge >= 0.3 is 0 Å². The number of rotatable bonds is 7. The van der Waals surface area contributed by atoms with E-state index in [9.17, 15) is 0 Å². The standard InChI is InChI=1S/C17H30N2O/c1-6-20-17-8-7-16(13(4)14(17)5)12(3)11(2)15(9-18)10-19/h7-8,11-12,15H,6,9-10,18-19H2,1-5H3. The van der Waals surface area contributed by atoms with Crippen LogP contribution in [-0.2, 0) is 0 Å². The molecule has 0 aliphatic heterocycles. The van der Waals surface area contributed by atoms with Crippen LogP contribution in [-0.4, -0.2) is 19.7 Å². The minimum Gasteiger partial charge on any atom is -0.494 e. The molecule has 0 aromatic heterocycles. The lowest BCUT2D eigenvalue weighted by Gasteiger charge is -2.29. The van der Waals surface area contributed by atoms with Gasteiger partial charge in [0.2, 0.25) is 0 Å². The molecule has 3 nitrogen and oxygen atoms in total. The summed E-state index contributed by atoms with van der Waals surface area (Å²) in [6.45, 7) is 12.8. The quantitative estimate of drug-likeness (QED) is 0.806. The van der Waals surface area contributed by atoms with Gasteiger partial charge in [0.05, 0.1) is 6.61 Å². The van der Waals surface area contributed by atoms with E-state index in [-0.39, 0.29) is 0 Å². The molecule has 0 fully saturated rings. The molecule has 1 rings (SSSR count). The van der Waals surface area contributed by atoms with Gasteiger partial charge in [-0.05, 0) is 74.4 Å². The van der Waals surface area contributed by atoms with Crippen LogP contribution in [0.5, 0.6) is 5.75 Å². The maximum atomic E-state index is 5.83. The Morgan fingerprint density at radius 1 is 1.05 bits per heavy atom. The van der Waals surface area contributed by atoms with Crippen molar-refractivity contribution < 1.29 is 4.74 Å². The molecule has 0 radical (unpaired) electrons. The Morgan fingerprint density at radius 2 is 1.65 bits per heavy atom. The molecular formula is C17H30N2O. The summed E-state index contributed by atoms with van der Waals surface area (Å²) in [7, 11) is 0. The van der Waals surface area contributed by atoms with Crippen LogP contribution >= 0.6 is 0 Å². The summed E-state index contributed by atoms with van der Waals surface area (Å²) in [6, 6.07) is 4.28. The van der Waals surface area contributed by atoms with E-state index >= 15 is 0 Å². The Bertz CT molecular complexity index is 427. The highest BCUT2D eigenvalue weighted by Crippen LogP contribution is 2.34. The van der Waals surface area contributed by atoms with Gasteiger partial charge in [0.1, 0.15) is 5.75 Å². The summed E-state index contributed by atoms with van der Waals surface area (Å²) in [5.74, 6) is 2.28. The van der Waals surface area contributed by atoms with Gasteiger partial charge < -0.3 is 16.2 Å². The Hall–Kier alpha value is -1.06. The first-order chi connectivity index (χ1) is 9.47. The lowest BCUT2D eigenvalue weighted by Crippen LogP contribution is -2.31. The monoisotopic (exact) mass is 278 g/mol. The van der Waals surface area contributed by atoms with E-state index in [0.717, 1.165) is 5.75 Å². The minimum atomic E-state index is 0.372. The van der Waals surface area contributed by atoms with Crippen molar-refractivity contribution in [2.45, 2.75) is 40.5 Å². The molecule has 0 heterocycles. The first-order valence-corrected chi connectivity index (χ1v) is 7.60. The van der Waals surface area contributed by atoms with Gasteiger partial charge in [-0.25, -0.2) is 0 Å². The molecule has 0 aliphatic rings. The summed E-state index contributed by atoms with van der Waals surface area (Å²) in [4.78, 5) is 0. The predicted octanol–water partition coefficient (Wildman–Crippen LogP) is 2.98. The lowest BCUT2D eigenvalue weighted by atomic mass is 9.78. The molecule has 1 aromatic carbocycles. The number of benzene rings is 1.